The molecule has 18 heavy (non-hydrogen) atoms. The summed E-state index contributed by atoms with van der Waals surface area (Å²) in [6.07, 6.45) is 1.26. The second-order valence-electron chi connectivity index (χ2n) is 3.52. The highest BCUT2D eigenvalue weighted by Gasteiger charge is 2.29. The highest BCUT2D eigenvalue weighted by Crippen LogP contribution is 2.33. The third-order valence-electron chi connectivity index (χ3n) is 2.01. The summed E-state index contributed by atoms with van der Waals surface area (Å²) in [6.45, 7) is 3.38. The fourth-order valence-electron chi connectivity index (χ4n) is 1.34. The number of hydrogen-bond donors (Lipinski definition) is 0. The normalized spacial score (nSPS) is 11.6. The molecule has 0 radical (unpaired) electrons. The Morgan fingerprint density at radius 1 is 1.00 bits per heavy atom. The molecule has 2 aromatic heterocycles. The highest BCUT2D eigenvalue weighted by molar-refractivity contribution is 14.1. The van der Waals surface area contributed by atoms with E-state index in [2.05, 4.69) is 24.9 Å². The van der Waals surface area contributed by atoms with Gasteiger partial charge in [-0.15, -0.1) is 0 Å². The summed E-state index contributed by atoms with van der Waals surface area (Å²) in [5, 5.41) is 0. The first kappa shape index (κ1) is 13.1. The molecular formula is C10H8F2IN5. The van der Waals surface area contributed by atoms with Gasteiger partial charge in [-0.2, -0.15) is 8.78 Å². The fraction of sp³-hybridized carbons (Fsp3) is 0.300. The first-order valence-electron chi connectivity index (χ1n) is 4.96. The van der Waals surface area contributed by atoms with Crippen LogP contribution in [0.1, 0.15) is 17.3 Å². The van der Waals surface area contributed by atoms with Gasteiger partial charge in [-0.1, -0.05) is 0 Å². The van der Waals surface area contributed by atoms with Crippen molar-refractivity contribution in [2.24, 2.45) is 0 Å². The smallest absolute Gasteiger partial charge is 0.234 e. The summed E-state index contributed by atoms with van der Waals surface area (Å²) in [6, 6.07) is 1.16. The third kappa shape index (κ3) is 2.92. The molecule has 0 aliphatic rings. The van der Waals surface area contributed by atoms with E-state index in [0.717, 1.165) is 28.7 Å². The lowest BCUT2D eigenvalue weighted by Crippen LogP contribution is -2.08. The van der Waals surface area contributed by atoms with Crippen molar-refractivity contribution in [3.05, 3.63) is 29.6 Å². The molecule has 5 nitrogen and oxygen atoms in total. The predicted octanol–water partition coefficient (Wildman–Crippen LogP) is 2.43. The van der Waals surface area contributed by atoms with Gasteiger partial charge in [-0.05, 0) is 19.9 Å². The first-order valence-corrected chi connectivity index (χ1v) is 6.04. The van der Waals surface area contributed by atoms with Gasteiger partial charge in [0, 0.05) is 28.8 Å². The lowest BCUT2D eigenvalue weighted by Gasteiger charge is -2.08. The van der Waals surface area contributed by atoms with Crippen molar-refractivity contribution < 1.29 is 8.78 Å². The molecule has 0 spiro atoms. The zero-order valence-electron chi connectivity index (χ0n) is 9.52. The maximum atomic E-state index is 13.2. The zero-order chi connectivity index (χ0) is 13.3. The maximum absolute atomic E-state index is 13.2. The van der Waals surface area contributed by atoms with E-state index in [-0.39, 0.29) is 17.3 Å². The number of hydrogen-bond acceptors (Lipinski definition) is 5. The Labute approximate surface area is 115 Å². The molecule has 0 N–H and O–H groups in total. The van der Waals surface area contributed by atoms with Crippen LogP contribution in [0.3, 0.4) is 0 Å². The summed E-state index contributed by atoms with van der Waals surface area (Å²) in [7, 11) is 0. The standard InChI is InChI=1S/C10H8F2IN5/c1-5-15-6(2)17-9(16-5)8-14-4-3-7(18-8)10(11,12)13/h3-4H,1-2H3. The third-order valence-corrected chi connectivity index (χ3v) is 2.56. The first-order chi connectivity index (χ1) is 8.36. The average Bonchev–Trinajstić information content (AvgIpc) is 2.27. The van der Waals surface area contributed by atoms with E-state index in [4.69, 9.17) is 0 Å². The van der Waals surface area contributed by atoms with Gasteiger partial charge in [0.1, 0.15) is 17.3 Å². The van der Waals surface area contributed by atoms with Crippen LogP contribution < -0.4 is 0 Å². The molecule has 0 bridgehead atoms. The molecular weight excluding hydrogens is 355 g/mol. The van der Waals surface area contributed by atoms with Crippen molar-refractivity contribution in [1.82, 2.24) is 24.9 Å². The number of nitrogens with zero attached hydrogens (tertiary/aromatic N) is 5. The summed E-state index contributed by atoms with van der Waals surface area (Å²) in [4.78, 5) is 19.7. The molecule has 0 saturated heterocycles. The number of halogens is 3. The Hall–Kier alpha value is -1.32. The van der Waals surface area contributed by atoms with Gasteiger partial charge in [0.15, 0.2) is 5.82 Å². The van der Waals surface area contributed by atoms with Crippen LogP contribution in [0.4, 0.5) is 8.78 Å². The summed E-state index contributed by atoms with van der Waals surface area (Å²) < 4.78 is 23.3. The lowest BCUT2D eigenvalue weighted by molar-refractivity contribution is 0.122. The van der Waals surface area contributed by atoms with Crippen LogP contribution in [0.25, 0.3) is 11.6 Å². The molecule has 0 aliphatic carbocycles. The van der Waals surface area contributed by atoms with Crippen molar-refractivity contribution in [1.29, 1.82) is 0 Å². The minimum atomic E-state index is -3.05. The van der Waals surface area contributed by atoms with Crippen molar-refractivity contribution >= 4 is 22.6 Å². The largest absolute Gasteiger partial charge is 0.338 e. The van der Waals surface area contributed by atoms with Crippen molar-refractivity contribution in [3.8, 4) is 11.6 Å². The second-order valence-corrected chi connectivity index (χ2v) is 4.87. The molecule has 0 amide bonds. The van der Waals surface area contributed by atoms with E-state index < -0.39 is 3.93 Å². The SMILES string of the molecule is Cc1nc(C)nc(-c2nccc(C(F)(F)I)n2)n1. The Kier molecular flexibility index (Phi) is 3.46. The monoisotopic (exact) mass is 363 g/mol. The van der Waals surface area contributed by atoms with Gasteiger partial charge in [0.2, 0.25) is 5.82 Å². The van der Waals surface area contributed by atoms with E-state index >= 15 is 0 Å². The van der Waals surface area contributed by atoms with Crippen molar-refractivity contribution in [2.75, 3.05) is 0 Å². The van der Waals surface area contributed by atoms with Crippen LogP contribution in [0.15, 0.2) is 12.3 Å². The molecule has 0 aliphatic heterocycles. The second kappa shape index (κ2) is 4.75. The van der Waals surface area contributed by atoms with Gasteiger partial charge in [-0.3, -0.25) is 0 Å². The fourth-order valence-corrected chi connectivity index (χ4v) is 1.64. The predicted molar refractivity (Wildman–Crippen MR) is 68.2 cm³/mol. The van der Waals surface area contributed by atoms with Gasteiger partial charge in [-0.25, -0.2) is 24.9 Å². The molecule has 2 rings (SSSR count). The highest BCUT2D eigenvalue weighted by atomic mass is 127. The number of aromatic nitrogens is 5. The zero-order valence-corrected chi connectivity index (χ0v) is 11.7. The molecule has 0 saturated carbocycles. The van der Waals surface area contributed by atoms with E-state index in [1.807, 2.05) is 0 Å². The van der Waals surface area contributed by atoms with Crippen molar-refractivity contribution in [3.63, 3.8) is 0 Å². The summed E-state index contributed by atoms with van der Waals surface area (Å²) in [5.41, 5.74) is -0.371. The Morgan fingerprint density at radius 3 is 2.17 bits per heavy atom. The van der Waals surface area contributed by atoms with Crippen LogP contribution in [-0.2, 0) is 3.93 Å². The Morgan fingerprint density at radius 2 is 1.61 bits per heavy atom. The quantitative estimate of drug-likeness (QED) is 0.606. The van der Waals surface area contributed by atoms with Gasteiger partial charge in [0.25, 0.3) is 0 Å². The number of aryl methyl sites for hydroxylation is 2. The Balaban J connectivity index is 2.51. The summed E-state index contributed by atoms with van der Waals surface area (Å²) in [5.74, 6) is 1.25. The van der Waals surface area contributed by atoms with E-state index in [1.165, 1.54) is 6.20 Å². The minimum absolute atomic E-state index is 0.0671. The van der Waals surface area contributed by atoms with Crippen molar-refractivity contribution in [2.45, 2.75) is 17.8 Å². The number of rotatable bonds is 2. The minimum Gasteiger partial charge on any atom is -0.234 e. The average molecular weight is 363 g/mol. The maximum Gasteiger partial charge on any atom is 0.338 e. The van der Waals surface area contributed by atoms with Crippen LogP contribution >= 0.6 is 22.6 Å². The molecule has 2 heterocycles. The molecule has 0 aromatic carbocycles. The van der Waals surface area contributed by atoms with Gasteiger partial charge >= 0.3 is 3.93 Å². The number of alkyl halides is 3. The van der Waals surface area contributed by atoms with Crippen LogP contribution in [0.5, 0.6) is 0 Å². The molecule has 0 fully saturated rings. The van der Waals surface area contributed by atoms with Gasteiger partial charge in [0.05, 0.1) is 0 Å². The van der Waals surface area contributed by atoms with Crippen LogP contribution in [0, 0.1) is 13.8 Å². The van der Waals surface area contributed by atoms with E-state index in [9.17, 15) is 8.78 Å². The van der Waals surface area contributed by atoms with Crippen LogP contribution in [-0.4, -0.2) is 24.9 Å². The topological polar surface area (TPSA) is 64.5 Å². The lowest BCUT2D eigenvalue weighted by atomic mass is 10.4. The molecule has 94 valence electrons. The Bertz CT molecular complexity index is 564. The summed E-state index contributed by atoms with van der Waals surface area (Å²) >= 11 is 1.02. The molecule has 8 heteroatoms. The molecule has 0 unspecified atom stereocenters. The van der Waals surface area contributed by atoms with E-state index in [0.29, 0.717) is 11.6 Å². The molecule has 0 atom stereocenters. The van der Waals surface area contributed by atoms with Gasteiger partial charge < -0.3 is 0 Å². The van der Waals surface area contributed by atoms with Crippen LogP contribution in [0.2, 0.25) is 0 Å². The molecule has 2 aromatic rings. The van der Waals surface area contributed by atoms with E-state index in [1.54, 1.807) is 13.8 Å².